The van der Waals surface area contributed by atoms with Crippen LogP contribution in [0.4, 0.5) is 26.3 Å². The van der Waals surface area contributed by atoms with E-state index in [0.29, 0.717) is 11.1 Å². The van der Waals surface area contributed by atoms with Crippen molar-refractivity contribution < 1.29 is 36.2 Å². The van der Waals surface area contributed by atoms with E-state index in [-0.39, 0.29) is 18.6 Å². The molecule has 0 saturated carbocycles. The lowest BCUT2D eigenvalue weighted by Gasteiger charge is -2.09. The monoisotopic (exact) mass is 406 g/mol. The number of hydrogen-bond acceptors (Lipinski definition) is 2. The molecule has 28 heavy (non-hydrogen) atoms. The number of halogens is 6. The molecule has 2 aromatic carbocycles. The van der Waals surface area contributed by atoms with Crippen LogP contribution in [0.25, 0.3) is 0 Å². The van der Waals surface area contributed by atoms with Crippen molar-refractivity contribution in [3.63, 3.8) is 0 Å². The Labute approximate surface area is 158 Å². The van der Waals surface area contributed by atoms with E-state index in [1.165, 1.54) is 25.1 Å². The topological polar surface area (TPSA) is 37.3 Å². The zero-order chi connectivity index (χ0) is 21.5. The molecule has 0 aliphatic carbocycles. The van der Waals surface area contributed by atoms with Crippen molar-refractivity contribution in [2.24, 2.45) is 0 Å². The quantitative estimate of drug-likeness (QED) is 0.684. The summed E-state index contributed by atoms with van der Waals surface area (Å²) in [6.45, 7) is 2.89. The van der Waals surface area contributed by atoms with E-state index < -0.39 is 29.6 Å². The van der Waals surface area contributed by atoms with Gasteiger partial charge in [0.25, 0.3) is 0 Å². The van der Waals surface area contributed by atoms with E-state index in [1.54, 1.807) is 13.0 Å². The van der Waals surface area contributed by atoms with E-state index >= 15 is 0 Å². The summed E-state index contributed by atoms with van der Waals surface area (Å²) in [6.07, 6.45) is -8.99. The van der Waals surface area contributed by atoms with Crippen LogP contribution in [0.15, 0.2) is 48.5 Å². The van der Waals surface area contributed by atoms with Gasteiger partial charge in [-0.2, -0.15) is 26.3 Å². The van der Waals surface area contributed by atoms with Gasteiger partial charge in [0.2, 0.25) is 0 Å². The van der Waals surface area contributed by atoms with Crippen molar-refractivity contribution in [3.8, 4) is 0 Å². The number of aliphatic hydroxyl groups excluding tert-OH is 1. The third-order valence-electron chi connectivity index (χ3n) is 3.49. The standard InChI is InChI=1S/C10H11F3O.C10H9F3O/c2*1-7(14)5-8-3-2-4-9(6-8)10(11,12)13/h2-4,6-7,14H,5H2,1H3;2-4,6H,5H2,1H3. The molecule has 0 aliphatic heterocycles. The third kappa shape index (κ3) is 8.56. The maximum Gasteiger partial charge on any atom is 0.416 e. The van der Waals surface area contributed by atoms with E-state index in [0.717, 1.165) is 24.3 Å². The van der Waals surface area contributed by atoms with Gasteiger partial charge < -0.3 is 5.11 Å². The van der Waals surface area contributed by atoms with Gasteiger partial charge in [-0.15, -0.1) is 0 Å². The average molecular weight is 406 g/mol. The second kappa shape index (κ2) is 9.73. The van der Waals surface area contributed by atoms with E-state index in [4.69, 9.17) is 5.11 Å². The number of carbonyl (C=O) groups excluding carboxylic acids is 1. The molecule has 0 amide bonds. The van der Waals surface area contributed by atoms with Gasteiger partial charge in [-0.25, -0.2) is 0 Å². The summed E-state index contributed by atoms with van der Waals surface area (Å²) in [5.74, 6) is -0.149. The Balaban J connectivity index is 0.000000280. The van der Waals surface area contributed by atoms with Crippen molar-refractivity contribution in [1.29, 1.82) is 0 Å². The first-order valence-corrected chi connectivity index (χ1v) is 8.29. The predicted octanol–water partition coefficient (Wildman–Crippen LogP) is 5.47. The third-order valence-corrected chi connectivity index (χ3v) is 3.49. The molecule has 0 aromatic heterocycles. The molecule has 2 rings (SSSR count). The summed E-state index contributed by atoms with van der Waals surface area (Å²) in [4.78, 5) is 10.7. The number of Topliss-reactive ketones (excluding diaryl/α,β-unsaturated/α-hetero) is 1. The predicted molar refractivity (Wildman–Crippen MR) is 92.7 cm³/mol. The molecular formula is C20H20F6O2. The Morgan fingerprint density at radius 1 is 0.893 bits per heavy atom. The van der Waals surface area contributed by atoms with E-state index in [1.807, 2.05) is 0 Å². The number of ketones is 1. The molecule has 154 valence electrons. The van der Waals surface area contributed by atoms with Crippen molar-refractivity contribution in [1.82, 2.24) is 0 Å². The molecule has 0 aliphatic rings. The second-order valence-electron chi connectivity index (χ2n) is 6.33. The zero-order valence-corrected chi connectivity index (χ0v) is 15.2. The maximum absolute atomic E-state index is 12.2. The van der Waals surface area contributed by atoms with Crippen molar-refractivity contribution in [2.45, 2.75) is 45.1 Å². The van der Waals surface area contributed by atoms with Gasteiger partial charge in [-0.3, -0.25) is 4.79 Å². The second-order valence-corrected chi connectivity index (χ2v) is 6.33. The number of rotatable bonds is 4. The van der Waals surface area contributed by atoms with Gasteiger partial charge >= 0.3 is 12.4 Å². The molecule has 8 heteroatoms. The lowest BCUT2D eigenvalue weighted by atomic mass is 10.1. The molecule has 1 atom stereocenters. The summed E-state index contributed by atoms with van der Waals surface area (Å²) in [7, 11) is 0. The summed E-state index contributed by atoms with van der Waals surface area (Å²) in [5.41, 5.74) is -0.492. The number of carbonyl (C=O) groups is 1. The van der Waals surface area contributed by atoms with Crippen LogP contribution in [-0.2, 0) is 30.0 Å². The smallest absolute Gasteiger partial charge is 0.393 e. The highest BCUT2D eigenvalue weighted by Crippen LogP contribution is 2.30. The van der Waals surface area contributed by atoms with Gasteiger partial charge in [-0.05, 0) is 43.5 Å². The van der Waals surface area contributed by atoms with Crippen LogP contribution >= 0.6 is 0 Å². The molecule has 0 radical (unpaired) electrons. The molecule has 0 heterocycles. The maximum atomic E-state index is 12.2. The first-order valence-electron chi connectivity index (χ1n) is 8.29. The van der Waals surface area contributed by atoms with Gasteiger partial charge in [0.05, 0.1) is 17.2 Å². The lowest BCUT2D eigenvalue weighted by molar-refractivity contribution is -0.138. The fourth-order valence-electron chi connectivity index (χ4n) is 2.36. The first kappa shape index (κ1) is 23.7. The molecule has 1 unspecified atom stereocenters. The fourth-order valence-corrected chi connectivity index (χ4v) is 2.36. The van der Waals surface area contributed by atoms with E-state index in [9.17, 15) is 31.1 Å². The van der Waals surface area contributed by atoms with Gasteiger partial charge in [0.1, 0.15) is 5.78 Å². The van der Waals surface area contributed by atoms with Crippen LogP contribution in [0.2, 0.25) is 0 Å². The SMILES string of the molecule is CC(=O)Cc1cccc(C(F)(F)F)c1.CC(O)Cc1cccc(C(F)(F)F)c1. The van der Waals surface area contributed by atoms with Crippen LogP contribution in [-0.4, -0.2) is 17.0 Å². The van der Waals surface area contributed by atoms with Gasteiger partial charge in [0, 0.05) is 6.42 Å². The number of benzene rings is 2. The number of aliphatic hydroxyl groups is 1. The minimum atomic E-state index is -4.34. The van der Waals surface area contributed by atoms with Crippen molar-refractivity contribution in [2.75, 3.05) is 0 Å². The molecule has 1 N–H and O–H groups in total. The normalized spacial score (nSPS) is 12.8. The van der Waals surface area contributed by atoms with Crippen molar-refractivity contribution >= 4 is 5.78 Å². The molecule has 2 nitrogen and oxygen atoms in total. The molecular weight excluding hydrogens is 386 g/mol. The molecule has 0 saturated heterocycles. The van der Waals surface area contributed by atoms with Crippen LogP contribution in [0, 0.1) is 0 Å². The van der Waals surface area contributed by atoms with Gasteiger partial charge in [-0.1, -0.05) is 36.4 Å². The van der Waals surface area contributed by atoms with Crippen LogP contribution in [0.1, 0.15) is 36.1 Å². The molecule has 0 spiro atoms. The van der Waals surface area contributed by atoms with Crippen molar-refractivity contribution in [3.05, 3.63) is 70.8 Å². The zero-order valence-electron chi connectivity index (χ0n) is 15.2. The summed E-state index contributed by atoms with van der Waals surface area (Å²) in [6, 6.07) is 9.81. The Morgan fingerprint density at radius 3 is 1.71 bits per heavy atom. The Morgan fingerprint density at radius 2 is 1.32 bits per heavy atom. The van der Waals surface area contributed by atoms with E-state index in [2.05, 4.69) is 0 Å². The van der Waals surface area contributed by atoms with Crippen LogP contribution < -0.4 is 0 Å². The lowest BCUT2D eigenvalue weighted by Crippen LogP contribution is -2.08. The average Bonchev–Trinajstić information content (AvgIpc) is 2.53. The summed E-state index contributed by atoms with van der Waals surface area (Å²) in [5, 5.41) is 9.02. The molecule has 0 fully saturated rings. The molecule has 2 aromatic rings. The number of hydrogen-bond donors (Lipinski definition) is 1. The molecule has 0 bridgehead atoms. The highest BCUT2D eigenvalue weighted by molar-refractivity contribution is 5.78. The van der Waals surface area contributed by atoms with Crippen LogP contribution in [0.3, 0.4) is 0 Å². The number of alkyl halides is 6. The largest absolute Gasteiger partial charge is 0.416 e. The van der Waals surface area contributed by atoms with Gasteiger partial charge in [0.15, 0.2) is 0 Å². The summed E-state index contributed by atoms with van der Waals surface area (Å²) < 4.78 is 73.4. The minimum Gasteiger partial charge on any atom is -0.393 e. The highest BCUT2D eigenvalue weighted by Gasteiger charge is 2.31. The summed E-state index contributed by atoms with van der Waals surface area (Å²) >= 11 is 0. The Bertz CT molecular complexity index is 779. The first-order chi connectivity index (χ1) is 12.8. The minimum absolute atomic E-state index is 0.0456. The Hall–Kier alpha value is -2.35. The highest BCUT2D eigenvalue weighted by atomic mass is 19.4. The Kier molecular flexibility index (Phi) is 8.23. The van der Waals surface area contributed by atoms with Crippen LogP contribution in [0.5, 0.6) is 0 Å². The fraction of sp³-hybridized carbons (Fsp3) is 0.350.